The van der Waals surface area contributed by atoms with Gasteiger partial charge >= 0.3 is 6.18 Å². The Hall–Kier alpha value is -2.31. The average Bonchev–Trinajstić information content (AvgIpc) is 2.37. The van der Waals surface area contributed by atoms with Crippen molar-refractivity contribution in [3.05, 3.63) is 47.5 Å². The van der Waals surface area contributed by atoms with Gasteiger partial charge in [0, 0.05) is 11.8 Å². The highest BCUT2D eigenvalue weighted by Gasteiger charge is 2.34. The summed E-state index contributed by atoms with van der Waals surface area (Å²) in [6.07, 6.45) is -3.15. The van der Waals surface area contributed by atoms with Gasteiger partial charge in [0.25, 0.3) is 0 Å². The van der Waals surface area contributed by atoms with Crippen molar-refractivity contribution in [2.24, 2.45) is 0 Å². The molecule has 0 bridgehead atoms. The van der Waals surface area contributed by atoms with Crippen LogP contribution in [0.25, 0.3) is 11.4 Å². The lowest BCUT2D eigenvalue weighted by Crippen LogP contribution is -2.09. The summed E-state index contributed by atoms with van der Waals surface area (Å²) in [4.78, 5) is 17.8. The second kappa shape index (κ2) is 4.75. The maximum Gasteiger partial charge on any atom is 0.417 e. The zero-order valence-corrected chi connectivity index (χ0v) is 9.28. The van der Waals surface area contributed by atoms with E-state index in [4.69, 9.17) is 0 Å². The van der Waals surface area contributed by atoms with Crippen LogP contribution in [0.3, 0.4) is 0 Å². The number of aromatic nitrogens is 2. The molecule has 2 rings (SSSR count). The molecule has 0 aliphatic rings. The Kier molecular flexibility index (Phi) is 3.28. The number of hydrogen-bond donors (Lipinski definition) is 0. The molecule has 0 atom stereocenters. The van der Waals surface area contributed by atoms with E-state index in [9.17, 15) is 22.4 Å². The lowest BCUT2D eigenvalue weighted by molar-refractivity contribution is -0.137. The second-order valence-electron chi connectivity index (χ2n) is 3.61. The highest BCUT2D eigenvalue weighted by molar-refractivity contribution is 5.73. The summed E-state index contributed by atoms with van der Waals surface area (Å²) in [5, 5.41) is 0. The van der Waals surface area contributed by atoms with E-state index in [0.717, 1.165) is 6.20 Å². The zero-order valence-electron chi connectivity index (χ0n) is 9.28. The van der Waals surface area contributed by atoms with Crippen LogP contribution in [0.5, 0.6) is 0 Å². The van der Waals surface area contributed by atoms with Gasteiger partial charge < -0.3 is 0 Å². The van der Waals surface area contributed by atoms with Gasteiger partial charge in [-0.25, -0.2) is 14.4 Å². The topological polar surface area (TPSA) is 42.9 Å². The van der Waals surface area contributed by atoms with Gasteiger partial charge in [0.2, 0.25) is 0 Å². The molecule has 0 radical (unpaired) electrons. The first-order chi connectivity index (χ1) is 8.91. The van der Waals surface area contributed by atoms with Gasteiger partial charge in [0.05, 0.1) is 5.56 Å². The summed E-state index contributed by atoms with van der Waals surface area (Å²) in [5.41, 5.74) is -1.64. The fraction of sp³-hybridized carbons (Fsp3) is 0.0833. The van der Waals surface area contributed by atoms with Crippen LogP contribution in [0.4, 0.5) is 17.6 Å². The Bertz CT molecular complexity index is 625. The largest absolute Gasteiger partial charge is 0.417 e. The number of benzene rings is 1. The van der Waals surface area contributed by atoms with Gasteiger partial charge in [-0.2, -0.15) is 13.2 Å². The van der Waals surface area contributed by atoms with E-state index in [-0.39, 0.29) is 11.5 Å². The molecule has 98 valence electrons. The molecule has 0 aliphatic carbocycles. The Balaban J connectivity index is 2.66. The monoisotopic (exact) mass is 270 g/mol. The van der Waals surface area contributed by atoms with Gasteiger partial charge in [0.1, 0.15) is 11.5 Å². The van der Waals surface area contributed by atoms with Crippen LogP contribution >= 0.6 is 0 Å². The van der Waals surface area contributed by atoms with Crippen LogP contribution in [0.2, 0.25) is 0 Å². The van der Waals surface area contributed by atoms with Crippen molar-refractivity contribution < 1.29 is 22.4 Å². The minimum absolute atomic E-state index is 0.0811. The number of hydrogen-bond acceptors (Lipinski definition) is 3. The molecule has 0 fully saturated rings. The highest BCUT2D eigenvalue weighted by Crippen LogP contribution is 2.36. The van der Waals surface area contributed by atoms with E-state index in [1.165, 1.54) is 6.07 Å². The molecule has 19 heavy (non-hydrogen) atoms. The predicted octanol–water partition coefficient (Wildman–Crippen LogP) is 3.11. The van der Waals surface area contributed by atoms with Crippen LogP contribution in [0.15, 0.2) is 30.5 Å². The first-order valence-corrected chi connectivity index (χ1v) is 5.07. The van der Waals surface area contributed by atoms with Crippen molar-refractivity contribution in [1.82, 2.24) is 9.97 Å². The van der Waals surface area contributed by atoms with Gasteiger partial charge in [-0.15, -0.1) is 0 Å². The summed E-state index contributed by atoms with van der Waals surface area (Å²) in [7, 11) is 0. The predicted molar refractivity (Wildman–Crippen MR) is 57.8 cm³/mol. The van der Waals surface area contributed by atoms with Gasteiger partial charge in [-0.3, -0.25) is 4.79 Å². The molecule has 0 N–H and O–H groups in total. The van der Waals surface area contributed by atoms with E-state index < -0.39 is 23.1 Å². The lowest BCUT2D eigenvalue weighted by atomic mass is 10.1. The van der Waals surface area contributed by atoms with E-state index in [1.54, 1.807) is 0 Å². The maximum absolute atomic E-state index is 13.1. The Morgan fingerprint density at radius 3 is 2.53 bits per heavy atom. The third-order valence-electron chi connectivity index (χ3n) is 2.33. The SMILES string of the molecule is O=Cc1ccnc(-c2cc(F)ccc2C(F)(F)F)n1. The van der Waals surface area contributed by atoms with Crippen molar-refractivity contribution in [2.75, 3.05) is 0 Å². The summed E-state index contributed by atoms with van der Waals surface area (Å²) in [6, 6.07) is 3.24. The number of rotatable bonds is 2. The number of carbonyl (C=O) groups excluding carboxylic acids is 1. The number of carbonyl (C=O) groups is 1. The normalized spacial score (nSPS) is 11.4. The van der Waals surface area contributed by atoms with Crippen LogP contribution in [-0.4, -0.2) is 16.3 Å². The van der Waals surface area contributed by atoms with Gasteiger partial charge in [0.15, 0.2) is 12.1 Å². The van der Waals surface area contributed by atoms with Crippen LogP contribution in [0, 0.1) is 5.82 Å². The van der Waals surface area contributed by atoms with E-state index >= 15 is 0 Å². The number of nitrogens with zero attached hydrogens (tertiary/aromatic N) is 2. The van der Waals surface area contributed by atoms with Gasteiger partial charge in [-0.1, -0.05) is 0 Å². The number of alkyl halides is 3. The molecule has 0 saturated carbocycles. The van der Waals surface area contributed by atoms with Crippen molar-refractivity contribution in [3.8, 4) is 11.4 Å². The van der Waals surface area contributed by atoms with E-state index in [0.29, 0.717) is 24.5 Å². The molecule has 1 aromatic heterocycles. The smallest absolute Gasteiger partial charge is 0.296 e. The minimum Gasteiger partial charge on any atom is -0.296 e. The fourth-order valence-electron chi connectivity index (χ4n) is 1.52. The Morgan fingerprint density at radius 1 is 1.16 bits per heavy atom. The van der Waals surface area contributed by atoms with Crippen LogP contribution in [-0.2, 0) is 6.18 Å². The standard InChI is InChI=1S/C12H6F4N2O/c13-7-1-2-10(12(14,15)16)9(5-7)11-17-4-3-8(6-19)18-11/h1-6H. The third-order valence-corrected chi connectivity index (χ3v) is 2.33. The van der Waals surface area contributed by atoms with Crippen LogP contribution in [0.1, 0.15) is 16.1 Å². The zero-order chi connectivity index (χ0) is 14.0. The Labute approximate surface area is 104 Å². The number of halogens is 4. The molecule has 0 amide bonds. The summed E-state index contributed by atoms with van der Waals surface area (Å²) < 4.78 is 51.5. The van der Waals surface area contributed by atoms with Crippen LogP contribution < -0.4 is 0 Å². The molecule has 7 heteroatoms. The van der Waals surface area contributed by atoms with E-state index in [1.807, 2.05) is 0 Å². The molecular weight excluding hydrogens is 264 g/mol. The molecule has 2 aromatic rings. The molecule has 3 nitrogen and oxygen atoms in total. The van der Waals surface area contributed by atoms with Crippen molar-refractivity contribution in [2.45, 2.75) is 6.18 Å². The van der Waals surface area contributed by atoms with E-state index in [2.05, 4.69) is 9.97 Å². The first kappa shape index (κ1) is 13.1. The molecule has 0 aliphatic heterocycles. The summed E-state index contributed by atoms with van der Waals surface area (Å²) in [6.45, 7) is 0. The molecule has 1 aromatic carbocycles. The molecule has 0 spiro atoms. The molecule has 0 unspecified atom stereocenters. The summed E-state index contributed by atoms with van der Waals surface area (Å²) in [5.74, 6) is -1.19. The average molecular weight is 270 g/mol. The second-order valence-corrected chi connectivity index (χ2v) is 3.61. The van der Waals surface area contributed by atoms with Crippen molar-refractivity contribution in [3.63, 3.8) is 0 Å². The molecule has 0 saturated heterocycles. The Morgan fingerprint density at radius 2 is 1.89 bits per heavy atom. The first-order valence-electron chi connectivity index (χ1n) is 5.07. The lowest BCUT2D eigenvalue weighted by Gasteiger charge is -2.11. The molecular formula is C12H6F4N2O. The minimum atomic E-state index is -4.66. The number of aldehydes is 1. The summed E-state index contributed by atoms with van der Waals surface area (Å²) >= 11 is 0. The van der Waals surface area contributed by atoms with Crippen molar-refractivity contribution in [1.29, 1.82) is 0 Å². The van der Waals surface area contributed by atoms with Crippen molar-refractivity contribution >= 4 is 6.29 Å². The third kappa shape index (κ3) is 2.75. The maximum atomic E-state index is 13.1. The fourth-order valence-corrected chi connectivity index (χ4v) is 1.52. The molecule has 1 heterocycles. The van der Waals surface area contributed by atoms with Gasteiger partial charge in [-0.05, 0) is 24.3 Å². The quantitative estimate of drug-likeness (QED) is 0.622. The highest BCUT2D eigenvalue weighted by atomic mass is 19.4.